The molecule has 0 aliphatic rings. The van der Waals surface area contributed by atoms with Gasteiger partial charge in [-0.3, -0.25) is 9.59 Å². The normalized spacial score (nSPS) is 12.6. The van der Waals surface area contributed by atoms with E-state index in [2.05, 4.69) is 31.8 Å². The number of ether oxygens (including phenoxy) is 2. The van der Waals surface area contributed by atoms with Crippen molar-refractivity contribution >= 4 is 57.2 Å². The maximum absolute atomic E-state index is 13.0. The highest BCUT2D eigenvalue weighted by atomic mass is 79.9. The number of hydrazone groups is 1. The number of carbonyl (C=O) groups excluding carboxylic acids is 2. The van der Waals surface area contributed by atoms with Crippen LogP contribution in [0, 0.1) is 0 Å². The minimum atomic E-state index is -0.949. The number of benzene rings is 3. The van der Waals surface area contributed by atoms with Crippen LogP contribution in [0.4, 0.5) is 0 Å². The van der Waals surface area contributed by atoms with Crippen LogP contribution in [-0.2, 0) is 16.0 Å². The Balaban J connectivity index is 1.71. The fourth-order valence-electron chi connectivity index (χ4n) is 3.24. The number of phenols is 1. The zero-order chi connectivity index (χ0) is 26.9. The molecule has 0 saturated heterocycles. The highest BCUT2D eigenvalue weighted by molar-refractivity contribution is 9.10. The van der Waals surface area contributed by atoms with Gasteiger partial charge in [0.15, 0.2) is 17.6 Å². The molecule has 3 N–H and O–H groups in total. The Hall–Kier alpha value is -3.27. The van der Waals surface area contributed by atoms with Crippen LogP contribution in [-0.4, -0.2) is 42.4 Å². The van der Waals surface area contributed by atoms with Crippen LogP contribution in [0.1, 0.15) is 18.1 Å². The number of carbonyl (C=O) groups is 2. The van der Waals surface area contributed by atoms with Gasteiger partial charge in [0.1, 0.15) is 11.8 Å². The molecule has 0 aromatic heterocycles. The maximum atomic E-state index is 13.0. The Kier molecular flexibility index (Phi) is 10.2. The quantitative estimate of drug-likeness (QED) is 0.219. The summed E-state index contributed by atoms with van der Waals surface area (Å²) in [4.78, 5) is 25.9. The lowest BCUT2D eigenvalue weighted by molar-refractivity contribution is -0.132. The summed E-state index contributed by atoms with van der Waals surface area (Å²) in [6.07, 6.45) is 0.663. The van der Waals surface area contributed by atoms with Gasteiger partial charge in [-0.05, 0) is 64.3 Å². The molecule has 8 nitrogen and oxygen atoms in total. The number of halogens is 3. The third kappa shape index (κ3) is 8.11. The molecule has 37 heavy (non-hydrogen) atoms. The maximum Gasteiger partial charge on any atom is 0.262 e. The Labute approximate surface area is 232 Å². The molecule has 194 valence electrons. The molecule has 0 aliphatic heterocycles. The molecule has 3 rings (SSSR count). The lowest BCUT2D eigenvalue weighted by atomic mass is 10.1. The minimum absolute atomic E-state index is 0.0504. The molecule has 0 heterocycles. The van der Waals surface area contributed by atoms with Gasteiger partial charge in [-0.25, -0.2) is 5.43 Å². The van der Waals surface area contributed by atoms with Crippen molar-refractivity contribution in [3.8, 4) is 17.2 Å². The number of nitrogens with one attached hydrogen (secondary N) is 2. The van der Waals surface area contributed by atoms with Gasteiger partial charge in [-0.1, -0.05) is 53.5 Å². The topological polar surface area (TPSA) is 109 Å². The van der Waals surface area contributed by atoms with Gasteiger partial charge in [0, 0.05) is 11.4 Å². The monoisotopic (exact) mass is 607 g/mol. The fourth-order valence-corrected chi connectivity index (χ4v) is 4.15. The van der Waals surface area contributed by atoms with E-state index in [9.17, 15) is 14.7 Å². The number of amides is 2. The number of phenolic OH excluding ortho intramolecular Hbond substituents is 1. The van der Waals surface area contributed by atoms with Gasteiger partial charge in [0.25, 0.3) is 11.8 Å². The largest absolute Gasteiger partial charge is 0.503 e. The molecule has 3 aromatic rings. The molecule has 0 aliphatic carbocycles. The summed E-state index contributed by atoms with van der Waals surface area (Å²) in [5.41, 5.74) is 3.86. The lowest BCUT2D eigenvalue weighted by Gasteiger charge is -2.21. The van der Waals surface area contributed by atoms with Crippen molar-refractivity contribution in [3.63, 3.8) is 0 Å². The summed E-state index contributed by atoms with van der Waals surface area (Å²) in [6.45, 7) is 1.55. The van der Waals surface area contributed by atoms with Crippen LogP contribution in [0.15, 0.2) is 70.2 Å². The summed E-state index contributed by atoms with van der Waals surface area (Å²) in [6, 6.07) is 16.1. The first kappa shape index (κ1) is 28.3. The highest BCUT2D eigenvalue weighted by Gasteiger charge is 2.25. The van der Waals surface area contributed by atoms with Gasteiger partial charge in [0.05, 0.1) is 22.8 Å². The number of hydrogen-bond acceptors (Lipinski definition) is 6. The number of nitrogens with zero attached hydrogens (tertiary/aromatic N) is 1. The molecular formula is C26H24BrCl2N3O5. The molecule has 0 bridgehead atoms. The predicted octanol–water partition coefficient (Wildman–Crippen LogP) is 5.12. The van der Waals surface area contributed by atoms with Gasteiger partial charge >= 0.3 is 0 Å². The molecule has 2 amide bonds. The standard InChI is InChI=1S/C26H24BrCl2N3O5/c1-15(37-22-9-8-18(28)13-20(22)29)25(34)31-21(11-16-6-4-3-5-7-16)26(35)32-30-14-17-10-19(27)24(33)23(12-17)36-2/h3-10,12-15,21,33H,11H2,1-2H3,(H,31,34)(H,32,35)/b30-14-/t15-,21+/m1/s1. The number of methoxy groups -OCH3 is 1. The molecule has 3 aromatic carbocycles. The number of aromatic hydroxyl groups is 1. The Morgan fingerprint density at radius 2 is 1.81 bits per heavy atom. The smallest absolute Gasteiger partial charge is 0.262 e. The molecule has 0 radical (unpaired) electrons. The fraction of sp³-hybridized carbons (Fsp3) is 0.192. The molecule has 0 saturated carbocycles. The highest BCUT2D eigenvalue weighted by Crippen LogP contribution is 2.34. The molecule has 0 spiro atoms. The zero-order valence-electron chi connectivity index (χ0n) is 19.9. The van der Waals surface area contributed by atoms with E-state index in [-0.39, 0.29) is 28.7 Å². The van der Waals surface area contributed by atoms with Crippen LogP contribution in [0.3, 0.4) is 0 Å². The Bertz CT molecular complexity index is 1290. The SMILES string of the molecule is COc1cc(/C=N\NC(=O)[C@H](Cc2ccccc2)NC(=O)[C@@H](C)Oc2ccc(Cl)cc2Cl)cc(Br)c1O. The van der Waals surface area contributed by atoms with Crippen molar-refractivity contribution in [1.29, 1.82) is 0 Å². The third-order valence-corrected chi connectivity index (χ3v) is 6.28. The van der Waals surface area contributed by atoms with Crippen LogP contribution < -0.4 is 20.2 Å². The van der Waals surface area contributed by atoms with Gasteiger partial charge < -0.3 is 19.9 Å². The molecule has 11 heteroatoms. The molecule has 0 fully saturated rings. The van der Waals surface area contributed by atoms with Crippen LogP contribution in [0.5, 0.6) is 17.2 Å². The summed E-state index contributed by atoms with van der Waals surface area (Å²) in [7, 11) is 1.42. The van der Waals surface area contributed by atoms with E-state index in [4.69, 9.17) is 32.7 Å². The van der Waals surface area contributed by atoms with E-state index in [0.29, 0.717) is 15.1 Å². The van der Waals surface area contributed by atoms with Crippen LogP contribution >= 0.6 is 39.1 Å². The first-order chi connectivity index (χ1) is 17.7. The van der Waals surface area contributed by atoms with Crippen molar-refractivity contribution in [1.82, 2.24) is 10.7 Å². The Morgan fingerprint density at radius 1 is 1.08 bits per heavy atom. The third-order valence-electron chi connectivity index (χ3n) is 5.14. The lowest BCUT2D eigenvalue weighted by Crippen LogP contribution is -2.50. The van der Waals surface area contributed by atoms with Crippen molar-refractivity contribution < 1.29 is 24.2 Å². The summed E-state index contributed by atoms with van der Waals surface area (Å²) in [5, 5.41) is 17.4. The van der Waals surface area contributed by atoms with E-state index in [0.717, 1.165) is 5.56 Å². The predicted molar refractivity (Wildman–Crippen MR) is 147 cm³/mol. The summed E-state index contributed by atoms with van der Waals surface area (Å²) in [5.74, 6) is -0.567. The Morgan fingerprint density at radius 3 is 2.49 bits per heavy atom. The second-order valence-electron chi connectivity index (χ2n) is 7.87. The van der Waals surface area contributed by atoms with Gasteiger partial charge in [-0.15, -0.1) is 0 Å². The second kappa shape index (κ2) is 13.3. The van der Waals surface area contributed by atoms with E-state index in [1.165, 1.54) is 19.4 Å². The van der Waals surface area contributed by atoms with Crippen LogP contribution in [0.2, 0.25) is 10.0 Å². The minimum Gasteiger partial charge on any atom is -0.503 e. The van der Waals surface area contributed by atoms with E-state index in [1.54, 1.807) is 31.2 Å². The first-order valence-electron chi connectivity index (χ1n) is 11.0. The molecule has 0 unspecified atom stereocenters. The average molecular weight is 609 g/mol. The van der Waals surface area contributed by atoms with E-state index in [1.807, 2.05) is 30.3 Å². The van der Waals surface area contributed by atoms with Crippen molar-refractivity contribution in [2.45, 2.75) is 25.5 Å². The zero-order valence-corrected chi connectivity index (χ0v) is 23.0. The van der Waals surface area contributed by atoms with Crippen molar-refractivity contribution in [3.05, 3.63) is 86.3 Å². The number of hydrogen-bond donors (Lipinski definition) is 3. The van der Waals surface area contributed by atoms with Gasteiger partial charge in [-0.2, -0.15) is 5.10 Å². The van der Waals surface area contributed by atoms with Crippen molar-refractivity contribution in [2.75, 3.05) is 7.11 Å². The second-order valence-corrected chi connectivity index (χ2v) is 9.57. The number of rotatable bonds is 10. The first-order valence-corrected chi connectivity index (χ1v) is 12.6. The molecule has 2 atom stereocenters. The summed E-state index contributed by atoms with van der Waals surface area (Å²) >= 11 is 15.3. The average Bonchev–Trinajstić information content (AvgIpc) is 2.87. The van der Waals surface area contributed by atoms with E-state index >= 15 is 0 Å². The van der Waals surface area contributed by atoms with E-state index < -0.39 is 24.0 Å². The summed E-state index contributed by atoms with van der Waals surface area (Å²) < 4.78 is 11.2. The van der Waals surface area contributed by atoms with Crippen molar-refractivity contribution in [2.24, 2.45) is 5.10 Å². The van der Waals surface area contributed by atoms with Gasteiger partial charge in [0.2, 0.25) is 0 Å². The molecular weight excluding hydrogens is 585 g/mol. The van der Waals surface area contributed by atoms with Crippen LogP contribution in [0.25, 0.3) is 0 Å².